The normalized spacial score (nSPS) is 11.2. The number of hydrogen-bond donors (Lipinski definition) is 0. The predicted octanol–water partition coefficient (Wildman–Crippen LogP) is 2.83. The van der Waals surface area contributed by atoms with Crippen LogP contribution in [0.2, 0.25) is 0 Å². The molecule has 0 saturated carbocycles. The van der Waals surface area contributed by atoms with Crippen molar-refractivity contribution in [2.45, 2.75) is 11.8 Å². The number of aromatic nitrogens is 3. The first-order valence-corrected chi connectivity index (χ1v) is 12.2. The zero-order valence-electron chi connectivity index (χ0n) is 19.9. The van der Waals surface area contributed by atoms with Crippen LogP contribution in [0, 0.1) is 17.0 Å². The molecule has 0 spiro atoms. The minimum atomic E-state index is -4.84. The van der Waals surface area contributed by atoms with Gasteiger partial charge in [0.05, 0.1) is 33.9 Å². The molecule has 0 atom stereocenters. The molecule has 0 aliphatic carbocycles. The van der Waals surface area contributed by atoms with Crippen molar-refractivity contribution in [3.05, 3.63) is 105 Å². The summed E-state index contributed by atoms with van der Waals surface area (Å²) in [5.74, 6) is -1.23. The molecule has 0 aliphatic rings. The Morgan fingerprint density at radius 3 is 2.41 bits per heavy atom. The first-order valence-electron chi connectivity index (χ1n) is 10.8. The van der Waals surface area contributed by atoms with Crippen LogP contribution in [0.15, 0.2) is 82.7 Å². The SMILES string of the molecule is COc1ccc(S(=O)(=O)N(C(=O)c2cccnc2)c2c(C)n(C)n(-c3ccccc3)c2=O)cc1[N+](=O)[O-]. The molecule has 0 N–H and O–H groups in total. The zero-order chi connectivity index (χ0) is 26.9. The average Bonchev–Trinajstić information content (AvgIpc) is 3.12. The number of benzene rings is 2. The van der Waals surface area contributed by atoms with Crippen molar-refractivity contribution in [3.63, 3.8) is 0 Å². The van der Waals surface area contributed by atoms with Gasteiger partial charge in [-0.15, -0.1) is 0 Å². The Bertz CT molecular complexity index is 1660. The summed E-state index contributed by atoms with van der Waals surface area (Å²) in [5.41, 5.74) is -1.34. The van der Waals surface area contributed by atoms with Crippen LogP contribution < -0.4 is 14.6 Å². The molecule has 13 heteroatoms. The predicted molar refractivity (Wildman–Crippen MR) is 134 cm³/mol. The molecular weight excluding hydrogens is 502 g/mol. The van der Waals surface area contributed by atoms with E-state index in [1.54, 1.807) is 37.4 Å². The van der Waals surface area contributed by atoms with Gasteiger partial charge in [0, 0.05) is 25.5 Å². The highest BCUT2D eigenvalue weighted by Crippen LogP contribution is 2.33. The Balaban J connectivity index is 2.02. The third-order valence-electron chi connectivity index (χ3n) is 5.71. The molecule has 37 heavy (non-hydrogen) atoms. The summed E-state index contributed by atoms with van der Waals surface area (Å²) in [5, 5.41) is 11.6. The number of sulfonamides is 1. The molecule has 0 saturated heterocycles. The van der Waals surface area contributed by atoms with Gasteiger partial charge < -0.3 is 4.74 Å². The second-order valence-electron chi connectivity index (χ2n) is 7.82. The van der Waals surface area contributed by atoms with E-state index < -0.39 is 42.7 Å². The Hall–Kier alpha value is -4.78. The quantitative estimate of drug-likeness (QED) is 0.265. The second-order valence-corrected chi connectivity index (χ2v) is 9.60. The number of carbonyl (C=O) groups is 1. The lowest BCUT2D eigenvalue weighted by molar-refractivity contribution is -0.386. The smallest absolute Gasteiger partial charge is 0.312 e. The molecule has 4 aromatic rings. The van der Waals surface area contributed by atoms with Crippen LogP contribution in [0.1, 0.15) is 16.1 Å². The number of methoxy groups -OCH3 is 1. The maximum atomic E-state index is 13.9. The van der Waals surface area contributed by atoms with Gasteiger partial charge in [0.25, 0.3) is 21.5 Å². The van der Waals surface area contributed by atoms with Gasteiger partial charge in [0.1, 0.15) is 5.69 Å². The van der Waals surface area contributed by atoms with Gasteiger partial charge in [0.2, 0.25) is 0 Å². The molecular formula is C24H21N5O7S. The standard InChI is InChI=1S/C24H21N5O7S/c1-16-22(24(31)27(26(16)2)18-9-5-4-6-10-18)28(23(30)17-8-7-13-25-15-17)37(34,35)19-11-12-21(36-3)20(14-19)29(32)33/h4-15H,1-3H3. The molecule has 0 unspecified atom stereocenters. The number of nitrogens with zero attached hydrogens (tertiary/aromatic N) is 5. The molecule has 190 valence electrons. The van der Waals surface area contributed by atoms with Crippen molar-refractivity contribution in [3.8, 4) is 11.4 Å². The van der Waals surface area contributed by atoms with Gasteiger partial charge in [-0.25, -0.2) is 13.1 Å². The van der Waals surface area contributed by atoms with E-state index in [9.17, 15) is 28.1 Å². The van der Waals surface area contributed by atoms with Crippen LogP contribution in [-0.4, -0.2) is 40.7 Å². The Morgan fingerprint density at radius 2 is 1.81 bits per heavy atom. The van der Waals surface area contributed by atoms with Gasteiger partial charge in [0.15, 0.2) is 5.75 Å². The molecule has 0 radical (unpaired) electrons. The largest absolute Gasteiger partial charge is 0.490 e. The average molecular weight is 524 g/mol. The Morgan fingerprint density at radius 1 is 1.11 bits per heavy atom. The van der Waals surface area contributed by atoms with Crippen LogP contribution in [0.25, 0.3) is 5.69 Å². The summed E-state index contributed by atoms with van der Waals surface area (Å²) in [6.07, 6.45) is 2.56. The van der Waals surface area contributed by atoms with E-state index in [1.165, 1.54) is 41.7 Å². The van der Waals surface area contributed by atoms with Crippen molar-refractivity contribution >= 4 is 27.3 Å². The molecule has 2 aromatic carbocycles. The van der Waals surface area contributed by atoms with E-state index in [-0.39, 0.29) is 17.0 Å². The minimum absolute atomic E-state index is 0.108. The summed E-state index contributed by atoms with van der Waals surface area (Å²) in [7, 11) is -2.09. The lowest BCUT2D eigenvalue weighted by Gasteiger charge is -2.21. The number of hydrogen-bond acceptors (Lipinski definition) is 8. The molecule has 0 aliphatic heterocycles. The Kier molecular flexibility index (Phi) is 6.64. The summed E-state index contributed by atoms with van der Waals surface area (Å²) in [6.45, 7) is 1.49. The number of anilines is 1. The highest BCUT2D eigenvalue weighted by atomic mass is 32.2. The summed E-state index contributed by atoms with van der Waals surface area (Å²) in [6, 6.07) is 14.2. The fourth-order valence-corrected chi connectivity index (χ4v) is 5.29. The van der Waals surface area contributed by atoms with Gasteiger partial charge >= 0.3 is 5.69 Å². The van der Waals surface area contributed by atoms with E-state index in [0.29, 0.717) is 9.99 Å². The first kappa shape index (κ1) is 25.3. The first-order chi connectivity index (χ1) is 17.6. The highest BCUT2D eigenvalue weighted by Gasteiger charge is 2.38. The molecule has 0 fully saturated rings. The number of pyridine rings is 1. The summed E-state index contributed by atoms with van der Waals surface area (Å²) in [4.78, 5) is 41.4. The van der Waals surface area contributed by atoms with Gasteiger partial charge in [-0.1, -0.05) is 18.2 Å². The van der Waals surface area contributed by atoms with Crippen molar-refractivity contribution in [1.82, 2.24) is 14.3 Å². The monoisotopic (exact) mass is 523 g/mol. The topological polar surface area (TPSA) is 147 Å². The Labute approximate surface area is 211 Å². The molecule has 2 heterocycles. The number of carbonyl (C=O) groups excluding carboxylic acids is 1. The summed E-state index contributed by atoms with van der Waals surface area (Å²) >= 11 is 0. The number of nitro groups is 1. The van der Waals surface area contributed by atoms with Crippen LogP contribution >= 0.6 is 0 Å². The molecule has 0 bridgehead atoms. The van der Waals surface area contributed by atoms with Crippen LogP contribution in [0.4, 0.5) is 11.4 Å². The third-order valence-corrected chi connectivity index (χ3v) is 7.38. The number of nitro benzene ring substituents is 1. The third kappa shape index (κ3) is 4.36. The highest BCUT2D eigenvalue weighted by molar-refractivity contribution is 7.93. The molecule has 12 nitrogen and oxygen atoms in total. The van der Waals surface area contributed by atoms with Crippen molar-refractivity contribution in [2.24, 2.45) is 7.05 Å². The fourth-order valence-electron chi connectivity index (χ4n) is 3.80. The molecule has 1 amide bonds. The minimum Gasteiger partial charge on any atom is -0.490 e. The van der Waals surface area contributed by atoms with Crippen LogP contribution in [-0.2, 0) is 17.1 Å². The van der Waals surface area contributed by atoms with Crippen molar-refractivity contribution < 1.29 is 22.9 Å². The lowest BCUT2D eigenvalue weighted by atomic mass is 10.2. The van der Waals surface area contributed by atoms with E-state index in [4.69, 9.17) is 4.74 Å². The number of amides is 1. The van der Waals surface area contributed by atoms with E-state index in [0.717, 1.165) is 24.4 Å². The maximum Gasteiger partial charge on any atom is 0.312 e. The summed E-state index contributed by atoms with van der Waals surface area (Å²) < 4.78 is 35.9. The van der Waals surface area contributed by atoms with Crippen LogP contribution in [0.3, 0.4) is 0 Å². The van der Waals surface area contributed by atoms with Crippen LogP contribution in [0.5, 0.6) is 5.75 Å². The fraction of sp³-hybridized carbons (Fsp3) is 0.125. The molecule has 2 aromatic heterocycles. The van der Waals surface area contributed by atoms with E-state index in [2.05, 4.69) is 4.98 Å². The van der Waals surface area contributed by atoms with E-state index >= 15 is 0 Å². The van der Waals surface area contributed by atoms with Crippen molar-refractivity contribution in [2.75, 3.05) is 11.4 Å². The van der Waals surface area contributed by atoms with Gasteiger partial charge in [-0.05, 0) is 43.3 Å². The van der Waals surface area contributed by atoms with Gasteiger partial charge in [-0.3, -0.25) is 29.4 Å². The number of ether oxygens (including phenoxy) is 1. The van der Waals surface area contributed by atoms with E-state index in [1.807, 2.05) is 0 Å². The number of rotatable bonds is 7. The zero-order valence-corrected chi connectivity index (χ0v) is 20.7. The van der Waals surface area contributed by atoms with Crippen molar-refractivity contribution in [1.29, 1.82) is 0 Å². The second kappa shape index (κ2) is 9.70. The van der Waals surface area contributed by atoms with Gasteiger partial charge in [-0.2, -0.15) is 4.31 Å². The number of para-hydroxylation sites is 1. The lowest BCUT2D eigenvalue weighted by Crippen LogP contribution is -2.40. The maximum absolute atomic E-state index is 13.9. The molecule has 4 rings (SSSR count).